The summed E-state index contributed by atoms with van der Waals surface area (Å²) >= 11 is 0. The fraction of sp³-hybridized carbons (Fsp3) is 0.200. The van der Waals surface area contributed by atoms with Crippen molar-refractivity contribution in [2.45, 2.75) is 13.1 Å². The molecule has 98 valence electrons. The number of rotatable bonds is 2. The summed E-state index contributed by atoms with van der Waals surface area (Å²) < 4.78 is 44.5. The SMILES string of the molecule is CC(=O)Oc1cc(N)cc(OC(=O)C(F)(F)F)c1. The van der Waals surface area contributed by atoms with Gasteiger partial charge in [-0.2, -0.15) is 13.2 Å². The Bertz CT molecular complexity index is 485. The van der Waals surface area contributed by atoms with E-state index in [0.29, 0.717) is 0 Å². The Labute approximate surface area is 99.3 Å². The predicted molar refractivity (Wildman–Crippen MR) is 53.9 cm³/mol. The molecule has 0 heterocycles. The van der Waals surface area contributed by atoms with Crippen molar-refractivity contribution in [3.05, 3.63) is 18.2 Å². The maximum absolute atomic E-state index is 12.0. The smallest absolute Gasteiger partial charge is 0.427 e. The van der Waals surface area contributed by atoms with Crippen LogP contribution >= 0.6 is 0 Å². The van der Waals surface area contributed by atoms with Crippen LogP contribution in [0, 0.1) is 0 Å². The first-order valence-corrected chi connectivity index (χ1v) is 4.56. The summed E-state index contributed by atoms with van der Waals surface area (Å²) in [6.45, 7) is 1.10. The monoisotopic (exact) mass is 263 g/mol. The number of anilines is 1. The molecule has 0 unspecified atom stereocenters. The molecule has 0 amide bonds. The molecule has 5 nitrogen and oxygen atoms in total. The van der Waals surface area contributed by atoms with E-state index in [2.05, 4.69) is 9.47 Å². The van der Waals surface area contributed by atoms with E-state index in [1.807, 2.05) is 0 Å². The molecule has 0 bridgehead atoms. The first kappa shape index (κ1) is 13.8. The van der Waals surface area contributed by atoms with E-state index >= 15 is 0 Å². The Balaban J connectivity index is 2.93. The minimum absolute atomic E-state index is 0.0151. The van der Waals surface area contributed by atoms with Gasteiger partial charge >= 0.3 is 18.1 Å². The van der Waals surface area contributed by atoms with Crippen molar-refractivity contribution in [3.8, 4) is 11.5 Å². The van der Waals surface area contributed by atoms with Crippen LogP contribution < -0.4 is 15.2 Å². The third-order valence-corrected chi connectivity index (χ3v) is 1.61. The van der Waals surface area contributed by atoms with Gasteiger partial charge in [-0.15, -0.1) is 0 Å². The summed E-state index contributed by atoms with van der Waals surface area (Å²) in [5.74, 6) is -3.66. The van der Waals surface area contributed by atoms with Gasteiger partial charge in [0.05, 0.1) is 0 Å². The number of nitrogens with two attached hydrogens (primary N) is 1. The van der Waals surface area contributed by atoms with Crippen LogP contribution in [-0.2, 0) is 9.59 Å². The highest BCUT2D eigenvalue weighted by atomic mass is 19.4. The quantitative estimate of drug-likeness (QED) is 0.498. The van der Waals surface area contributed by atoms with Crippen LogP contribution in [0.3, 0.4) is 0 Å². The lowest BCUT2D eigenvalue weighted by atomic mass is 10.3. The van der Waals surface area contributed by atoms with Gasteiger partial charge in [-0.1, -0.05) is 0 Å². The Morgan fingerprint density at radius 2 is 1.61 bits per heavy atom. The number of carbonyl (C=O) groups excluding carboxylic acids is 2. The van der Waals surface area contributed by atoms with Crippen molar-refractivity contribution in [2.75, 3.05) is 5.73 Å². The molecular weight excluding hydrogens is 255 g/mol. The minimum Gasteiger partial charge on any atom is -0.427 e. The molecule has 0 aliphatic rings. The molecule has 0 saturated heterocycles. The Morgan fingerprint density at radius 1 is 1.11 bits per heavy atom. The Hall–Kier alpha value is -2.25. The molecule has 18 heavy (non-hydrogen) atoms. The molecule has 2 N–H and O–H groups in total. The van der Waals surface area contributed by atoms with Crippen LogP contribution in [-0.4, -0.2) is 18.1 Å². The van der Waals surface area contributed by atoms with Crippen LogP contribution in [0.25, 0.3) is 0 Å². The predicted octanol–water partition coefficient (Wildman–Crippen LogP) is 1.66. The van der Waals surface area contributed by atoms with E-state index in [0.717, 1.165) is 19.1 Å². The zero-order valence-electron chi connectivity index (χ0n) is 9.08. The van der Waals surface area contributed by atoms with E-state index in [-0.39, 0.29) is 11.4 Å². The Kier molecular flexibility index (Phi) is 3.79. The first-order chi connectivity index (χ1) is 8.18. The molecule has 0 aliphatic heterocycles. The maximum atomic E-state index is 12.0. The maximum Gasteiger partial charge on any atom is 0.491 e. The van der Waals surface area contributed by atoms with Crippen LogP contribution in [0.2, 0.25) is 0 Å². The second-order valence-corrected chi connectivity index (χ2v) is 3.22. The molecule has 0 atom stereocenters. The zero-order valence-corrected chi connectivity index (χ0v) is 9.08. The standard InChI is InChI=1S/C10H8F3NO4/c1-5(15)17-7-2-6(14)3-8(4-7)18-9(16)10(11,12)13/h2-4H,14H2,1H3. The van der Waals surface area contributed by atoms with Gasteiger partial charge < -0.3 is 15.2 Å². The molecule has 1 aromatic carbocycles. The summed E-state index contributed by atoms with van der Waals surface area (Å²) in [5, 5.41) is 0. The number of alkyl halides is 3. The van der Waals surface area contributed by atoms with Gasteiger partial charge in [0.15, 0.2) is 0 Å². The Morgan fingerprint density at radius 3 is 2.06 bits per heavy atom. The molecule has 1 rings (SSSR count). The van der Waals surface area contributed by atoms with E-state index < -0.39 is 23.9 Å². The molecule has 8 heteroatoms. The average Bonchev–Trinajstić information content (AvgIpc) is 2.13. The molecule has 0 radical (unpaired) electrons. The van der Waals surface area contributed by atoms with E-state index in [4.69, 9.17) is 5.73 Å². The molecule has 0 fully saturated rings. The van der Waals surface area contributed by atoms with Gasteiger partial charge in [-0.05, 0) is 0 Å². The minimum atomic E-state index is -5.12. The number of benzene rings is 1. The topological polar surface area (TPSA) is 78.6 Å². The number of esters is 2. The van der Waals surface area contributed by atoms with Crippen molar-refractivity contribution < 1.29 is 32.2 Å². The lowest BCUT2D eigenvalue weighted by Crippen LogP contribution is -2.28. The van der Waals surface area contributed by atoms with Gasteiger partial charge in [0, 0.05) is 30.8 Å². The highest BCUT2D eigenvalue weighted by Crippen LogP contribution is 2.26. The van der Waals surface area contributed by atoms with Crippen LogP contribution in [0.15, 0.2) is 18.2 Å². The van der Waals surface area contributed by atoms with E-state index in [9.17, 15) is 22.8 Å². The summed E-state index contributed by atoms with van der Waals surface area (Å²) in [6, 6.07) is 3.14. The molecule has 1 aromatic rings. The van der Waals surface area contributed by atoms with Gasteiger partial charge in [-0.25, -0.2) is 4.79 Å². The number of hydrogen-bond donors (Lipinski definition) is 1. The van der Waals surface area contributed by atoms with Gasteiger partial charge in [-0.3, -0.25) is 4.79 Å². The molecule has 0 aromatic heterocycles. The van der Waals surface area contributed by atoms with E-state index in [1.54, 1.807) is 0 Å². The summed E-state index contributed by atoms with van der Waals surface area (Å²) in [7, 11) is 0. The molecular formula is C10H8F3NO4. The second-order valence-electron chi connectivity index (χ2n) is 3.22. The lowest BCUT2D eigenvalue weighted by Gasteiger charge is -2.09. The normalized spacial score (nSPS) is 10.9. The van der Waals surface area contributed by atoms with Gasteiger partial charge in [0.25, 0.3) is 0 Å². The third-order valence-electron chi connectivity index (χ3n) is 1.61. The summed E-state index contributed by atoms with van der Waals surface area (Å²) in [4.78, 5) is 21.2. The van der Waals surface area contributed by atoms with Crippen molar-refractivity contribution in [2.24, 2.45) is 0 Å². The second kappa shape index (κ2) is 4.94. The molecule has 0 saturated carbocycles. The number of ether oxygens (including phenoxy) is 2. The van der Waals surface area contributed by atoms with Crippen LogP contribution in [0.5, 0.6) is 11.5 Å². The average molecular weight is 263 g/mol. The number of nitrogen functional groups attached to an aromatic ring is 1. The van der Waals surface area contributed by atoms with Crippen molar-refractivity contribution in [1.82, 2.24) is 0 Å². The summed E-state index contributed by atoms with van der Waals surface area (Å²) in [6.07, 6.45) is -5.12. The van der Waals surface area contributed by atoms with Gasteiger partial charge in [0.1, 0.15) is 11.5 Å². The summed E-state index contributed by atoms with van der Waals surface area (Å²) in [5.41, 5.74) is 5.34. The molecule has 0 spiro atoms. The highest BCUT2D eigenvalue weighted by molar-refractivity contribution is 5.78. The van der Waals surface area contributed by atoms with Crippen LogP contribution in [0.1, 0.15) is 6.92 Å². The zero-order chi connectivity index (χ0) is 13.9. The first-order valence-electron chi connectivity index (χ1n) is 4.56. The fourth-order valence-corrected chi connectivity index (χ4v) is 1.04. The van der Waals surface area contributed by atoms with Gasteiger partial charge in [0.2, 0.25) is 0 Å². The van der Waals surface area contributed by atoms with Crippen molar-refractivity contribution in [1.29, 1.82) is 0 Å². The van der Waals surface area contributed by atoms with E-state index in [1.165, 1.54) is 6.07 Å². The lowest BCUT2D eigenvalue weighted by molar-refractivity contribution is -0.189. The van der Waals surface area contributed by atoms with Crippen LogP contribution in [0.4, 0.5) is 18.9 Å². The highest BCUT2D eigenvalue weighted by Gasteiger charge is 2.41. The molecule has 0 aliphatic carbocycles. The number of hydrogen-bond acceptors (Lipinski definition) is 5. The van der Waals surface area contributed by atoms with Crippen molar-refractivity contribution in [3.63, 3.8) is 0 Å². The number of halogens is 3. The largest absolute Gasteiger partial charge is 0.491 e. The van der Waals surface area contributed by atoms with Crippen molar-refractivity contribution >= 4 is 17.6 Å². The third kappa shape index (κ3) is 3.96. The fourth-order valence-electron chi connectivity index (χ4n) is 1.04. The number of carbonyl (C=O) groups is 2.